The molecule has 0 aliphatic rings. The number of carbonyl (C=O) groups is 1. The van der Waals surface area contributed by atoms with E-state index in [-0.39, 0.29) is 5.78 Å². The minimum Gasteiger partial charge on any atom is -0.383 e. The number of aromatic amines is 1. The first kappa shape index (κ1) is 10.4. The number of aryl methyl sites for hydroxylation is 2. The maximum atomic E-state index is 11.7. The second-order valence-electron chi connectivity index (χ2n) is 3.64. The average Bonchev–Trinajstić information content (AvgIpc) is 2.84. The highest BCUT2D eigenvalue weighted by Crippen LogP contribution is 2.11. The number of nitrogens with zero attached hydrogens (tertiary/aromatic N) is 3. The SMILES string of the molecule is Cn1cc(CCC(=O)c2cn[nH]c2N)cn1. The number of hydrogen-bond acceptors (Lipinski definition) is 4. The first-order chi connectivity index (χ1) is 7.66. The number of anilines is 1. The molecule has 0 bridgehead atoms. The van der Waals surface area contributed by atoms with E-state index in [9.17, 15) is 4.79 Å². The van der Waals surface area contributed by atoms with Crippen LogP contribution in [0.5, 0.6) is 0 Å². The highest BCUT2D eigenvalue weighted by Gasteiger charge is 2.11. The van der Waals surface area contributed by atoms with Gasteiger partial charge in [0.2, 0.25) is 0 Å². The molecule has 2 heterocycles. The second-order valence-corrected chi connectivity index (χ2v) is 3.64. The lowest BCUT2D eigenvalue weighted by Gasteiger charge is -1.97. The lowest BCUT2D eigenvalue weighted by molar-refractivity contribution is 0.0984. The van der Waals surface area contributed by atoms with Gasteiger partial charge in [-0.05, 0) is 12.0 Å². The second kappa shape index (κ2) is 4.18. The third-order valence-electron chi connectivity index (χ3n) is 2.37. The summed E-state index contributed by atoms with van der Waals surface area (Å²) in [5, 5.41) is 10.3. The molecule has 6 heteroatoms. The van der Waals surface area contributed by atoms with E-state index in [1.807, 2.05) is 13.2 Å². The van der Waals surface area contributed by atoms with Crippen molar-refractivity contribution in [2.45, 2.75) is 12.8 Å². The molecule has 0 aromatic carbocycles. The zero-order valence-corrected chi connectivity index (χ0v) is 8.97. The van der Waals surface area contributed by atoms with E-state index in [1.165, 1.54) is 6.20 Å². The van der Waals surface area contributed by atoms with Gasteiger partial charge in [0.15, 0.2) is 5.78 Å². The molecule has 0 aliphatic carbocycles. The predicted octanol–water partition coefficient (Wildman–Crippen LogP) is 0.541. The van der Waals surface area contributed by atoms with Gasteiger partial charge in [-0.2, -0.15) is 10.2 Å². The summed E-state index contributed by atoms with van der Waals surface area (Å²) in [7, 11) is 1.85. The number of hydrogen-bond donors (Lipinski definition) is 2. The Hall–Kier alpha value is -2.11. The number of ketones is 1. The lowest BCUT2D eigenvalue weighted by atomic mass is 10.1. The van der Waals surface area contributed by atoms with Crippen molar-refractivity contribution < 1.29 is 4.79 Å². The summed E-state index contributed by atoms with van der Waals surface area (Å²) < 4.78 is 1.71. The molecule has 0 radical (unpaired) electrons. The third kappa shape index (κ3) is 2.10. The summed E-state index contributed by atoms with van der Waals surface area (Å²) in [5.74, 6) is 0.325. The van der Waals surface area contributed by atoms with Crippen LogP contribution in [0, 0.1) is 0 Å². The van der Waals surface area contributed by atoms with Crippen molar-refractivity contribution in [3.05, 3.63) is 29.7 Å². The fourth-order valence-corrected chi connectivity index (χ4v) is 1.51. The molecule has 6 nitrogen and oxygen atoms in total. The van der Waals surface area contributed by atoms with E-state index in [2.05, 4.69) is 15.3 Å². The summed E-state index contributed by atoms with van der Waals surface area (Å²) >= 11 is 0. The summed E-state index contributed by atoms with van der Waals surface area (Å²) in [4.78, 5) is 11.7. The molecule has 3 N–H and O–H groups in total. The van der Waals surface area contributed by atoms with Crippen molar-refractivity contribution in [2.24, 2.45) is 7.05 Å². The van der Waals surface area contributed by atoms with Crippen LogP contribution in [0.4, 0.5) is 5.82 Å². The van der Waals surface area contributed by atoms with Crippen LogP contribution in [0.15, 0.2) is 18.6 Å². The lowest BCUT2D eigenvalue weighted by Crippen LogP contribution is -2.03. The van der Waals surface area contributed by atoms with Crippen LogP contribution in [0.3, 0.4) is 0 Å². The first-order valence-electron chi connectivity index (χ1n) is 4.96. The van der Waals surface area contributed by atoms with Gasteiger partial charge in [-0.1, -0.05) is 0 Å². The number of nitrogens with one attached hydrogen (secondary N) is 1. The van der Waals surface area contributed by atoms with E-state index in [0.717, 1.165) is 5.56 Å². The first-order valence-corrected chi connectivity index (χ1v) is 4.96. The zero-order valence-electron chi connectivity index (χ0n) is 8.97. The van der Waals surface area contributed by atoms with Crippen LogP contribution in [0.25, 0.3) is 0 Å². The summed E-state index contributed by atoms with van der Waals surface area (Å²) in [6, 6.07) is 0. The molecule has 0 atom stereocenters. The van der Waals surface area contributed by atoms with Crippen molar-refractivity contribution in [3.63, 3.8) is 0 Å². The molecule has 16 heavy (non-hydrogen) atoms. The fourth-order valence-electron chi connectivity index (χ4n) is 1.51. The molecule has 2 aromatic heterocycles. The third-order valence-corrected chi connectivity index (χ3v) is 2.37. The quantitative estimate of drug-likeness (QED) is 0.734. The van der Waals surface area contributed by atoms with E-state index in [4.69, 9.17) is 5.73 Å². The highest BCUT2D eigenvalue weighted by molar-refractivity contribution is 5.99. The Balaban J connectivity index is 1.96. The molecule has 0 fully saturated rings. The zero-order chi connectivity index (χ0) is 11.5. The van der Waals surface area contributed by atoms with Gasteiger partial charge in [-0.25, -0.2) is 0 Å². The Morgan fingerprint density at radius 1 is 1.56 bits per heavy atom. The van der Waals surface area contributed by atoms with Gasteiger partial charge in [-0.3, -0.25) is 14.6 Å². The van der Waals surface area contributed by atoms with E-state index in [1.54, 1.807) is 10.9 Å². The standard InChI is InChI=1S/C10H13N5O/c1-15-6-7(4-13-15)2-3-9(16)8-5-12-14-10(8)11/h4-6H,2-3H2,1H3,(H3,11,12,14). The van der Waals surface area contributed by atoms with Crippen LogP contribution < -0.4 is 5.73 Å². The van der Waals surface area contributed by atoms with Gasteiger partial charge < -0.3 is 5.73 Å². The molecule has 84 valence electrons. The van der Waals surface area contributed by atoms with Crippen LogP contribution in [-0.2, 0) is 13.5 Å². The predicted molar refractivity (Wildman–Crippen MR) is 58.9 cm³/mol. The van der Waals surface area contributed by atoms with Gasteiger partial charge in [0, 0.05) is 19.7 Å². The molecule has 0 saturated carbocycles. The van der Waals surface area contributed by atoms with Gasteiger partial charge >= 0.3 is 0 Å². The molecular weight excluding hydrogens is 206 g/mol. The Bertz CT molecular complexity index is 499. The van der Waals surface area contributed by atoms with E-state index in [0.29, 0.717) is 24.2 Å². The van der Waals surface area contributed by atoms with Gasteiger partial charge in [0.1, 0.15) is 5.82 Å². The summed E-state index contributed by atoms with van der Waals surface area (Å²) in [6.07, 6.45) is 6.19. The highest BCUT2D eigenvalue weighted by atomic mass is 16.1. The average molecular weight is 219 g/mol. The van der Waals surface area contributed by atoms with E-state index < -0.39 is 0 Å². The molecule has 0 spiro atoms. The molecular formula is C10H13N5O. The normalized spacial score (nSPS) is 10.6. The largest absolute Gasteiger partial charge is 0.383 e. The number of nitrogen functional groups attached to an aromatic ring is 1. The van der Waals surface area contributed by atoms with Crippen molar-refractivity contribution in [3.8, 4) is 0 Å². The van der Waals surface area contributed by atoms with E-state index >= 15 is 0 Å². The van der Waals surface area contributed by atoms with Crippen molar-refractivity contribution >= 4 is 11.6 Å². The summed E-state index contributed by atoms with van der Waals surface area (Å²) in [6.45, 7) is 0. The number of Topliss-reactive ketones (excluding diaryl/α,β-unsaturated/α-hetero) is 1. The molecule has 2 aromatic rings. The molecule has 0 unspecified atom stereocenters. The van der Waals surface area contributed by atoms with Crippen molar-refractivity contribution in [1.29, 1.82) is 0 Å². The summed E-state index contributed by atoms with van der Waals surface area (Å²) in [5.41, 5.74) is 7.06. The Morgan fingerprint density at radius 2 is 2.38 bits per heavy atom. The number of carbonyl (C=O) groups excluding carboxylic acids is 1. The molecule has 2 rings (SSSR count). The molecule has 0 saturated heterocycles. The van der Waals surface area contributed by atoms with Gasteiger partial charge in [0.05, 0.1) is 18.0 Å². The fraction of sp³-hybridized carbons (Fsp3) is 0.300. The van der Waals surface area contributed by atoms with Crippen molar-refractivity contribution in [1.82, 2.24) is 20.0 Å². The van der Waals surface area contributed by atoms with Crippen LogP contribution in [-0.4, -0.2) is 25.8 Å². The number of H-pyrrole nitrogens is 1. The van der Waals surface area contributed by atoms with Crippen LogP contribution >= 0.6 is 0 Å². The van der Waals surface area contributed by atoms with Crippen molar-refractivity contribution in [2.75, 3.05) is 5.73 Å². The maximum absolute atomic E-state index is 11.7. The Kier molecular flexibility index (Phi) is 2.72. The Labute approximate surface area is 92.5 Å². The monoisotopic (exact) mass is 219 g/mol. The molecule has 0 aliphatic heterocycles. The number of nitrogens with two attached hydrogens (primary N) is 1. The van der Waals surface area contributed by atoms with Crippen LogP contribution in [0.1, 0.15) is 22.3 Å². The molecule has 0 amide bonds. The maximum Gasteiger partial charge on any atom is 0.168 e. The van der Waals surface area contributed by atoms with Gasteiger partial charge in [-0.15, -0.1) is 0 Å². The minimum atomic E-state index is -0.00453. The Morgan fingerprint density at radius 3 is 2.94 bits per heavy atom. The topological polar surface area (TPSA) is 89.6 Å². The van der Waals surface area contributed by atoms with Crippen LogP contribution in [0.2, 0.25) is 0 Å². The number of aromatic nitrogens is 4. The number of rotatable bonds is 4. The minimum absolute atomic E-state index is 0.00453. The smallest absolute Gasteiger partial charge is 0.168 e. The van der Waals surface area contributed by atoms with Gasteiger partial charge in [0.25, 0.3) is 0 Å².